The summed E-state index contributed by atoms with van der Waals surface area (Å²) >= 11 is 0. The molecule has 134 valence electrons. The Morgan fingerprint density at radius 1 is 1.29 bits per heavy atom. The third kappa shape index (κ3) is 4.77. The average molecular weight is 356 g/mol. The number of nitrogens with one attached hydrogen (secondary N) is 1. The van der Waals surface area contributed by atoms with Gasteiger partial charge in [-0.1, -0.05) is 19.8 Å². The van der Waals surface area contributed by atoms with Gasteiger partial charge in [0.1, 0.15) is 5.82 Å². The van der Waals surface area contributed by atoms with Crippen molar-refractivity contribution in [1.29, 1.82) is 0 Å². The van der Waals surface area contributed by atoms with E-state index in [2.05, 4.69) is 12.2 Å². The van der Waals surface area contributed by atoms with Gasteiger partial charge in [-0.15, -0.1) is 0 Å². The molecule has 1 aliphatic heterocycles. The van der Waals surface area contributed by atoms with Crippen molar-refractivity contribution < 1.29 is 17.6 Å². The highest BCUT2D eigenvalue weighted by molar-refractivity contribution is 7.89. The van der Waals surface area contributed by atoms with Crippen molar-refractivity contribution in [1.82, 2.24) is 9.62 Å². The number of carbonyl (C=O) groups is 1. The summed E-state index contributed by atoms with van der Waals surface area (Å²) in [5.41, 5.74) is 0. The molecule has 1 heterocycles. The molecule has 1 fully saturated rings. The lowest BCUT2D eigenvalue weighted by molar-refractivity contribution is -0.126. The maximum absolute atomic E-state index is 13.0. The fraction of sp³-hybridized carbons (Fsp3) is 0.588. The van der Waals surface area contributed by atoms with E-state index in [0.29, 0.717) is 25.9 Å². The highest BCUT2D eigenvalue weighted by Crippen LogP contribution is 2.24. The van der Waals surface area contributed by atoms with Gasteiger partial charge >= 0.3 is 0 Å². The van der Waals surface area contributed by atoms with Crippen molar-refractivity contribution in [2.75, 3.05) is 19.6 Å². The van der Waals surface area contributed by atoms with Crippen LogP contribution in [0.1, 0.15) is 39.0 Å². The highest BCUT2D eigenvalue weighted by Gasteiger charge is 2.33. The van der Waals surface area contributed by atoms with Crippen LogP contribution in [-0.4, -0.2) is 38.3 Å². The van der Waals surface area contributed by atoms with Crippen LogP contribution in [0.25, 0.3) is 0 Å². The van der Waals surface area contributed by atoms with Crippen molar-refractivity contribution in [2.45, 2.75) is 43.9 Å². The Morgan fingerprint density at radius 2 is 2.00 bits per heavy atom. The molecule has 7 heteroatoms. The summed E-state index contributed by atoms with van der Waals surface area (Å²) < 4.78 is 39.6. The van der Waals surface area contributed by atoms with Gasteiger partial charge in [0.05, 0.1) is 10.8 Å². The van der Waals surface area contributed by atoms with E-state index in [4.69, 9.17) is 0 Å². The Labute approximate surface area is 143 Å². The lowest BCUT2D eigenvalue weighted by atomic mass is 9.99. The molecule has 0 unspecified atom stereocenters. The van der Waals surface area contributed by atoms with Crippen LogP contribution in [0, 0.1) is 11.7 Å². The standard InChI is InChI=1S/C17H25FN2O3S/c1-2-3-4-11-19-17(21)14-6-5-12-20(13-14)24(22,23)16-9-7-15(18)8-10-16/h7-10,14H,2-6,11-13H2,1H3,(H,19,21)/t14-/m1/s1. The molecule has 0 aliphatic carbocycles. The fourth-order valence-electron chi connectivity index (χ4n) is 2.86. The molecule has 1 aromatic rings. The molecule has 0 radical (unpaired) electrons. The molecular formula is C17H25FN2O3S. The minimum Gasteiger partial charge on any atom is -0.356 e. The third-order valence-electron chi connectivity index (χ3n) is 4.29. The summed E-state index contributed by atoms with van der Waals surface area (Å²) in [6.45, 7) is 3.30. The molecule has 24 heavy (non-hydrogen) atoms. The summed E-state index contributed by atoms with van der Waals surface area (Å²) in [7, 11) is -3.69. The van der Waals surface area contributed by atoms with Gasteiger partial charge in [0.15, 0.2) is 0 Å². The predicted octanol–water partition coefficient (Wildman–Crippen LogP) is 2.53. The van der Waals surface area contributed by atoms with E-state index in [0.717, 1.165) is 31.4 Å². The van der Waals surface area contributed by atoms with Crippen LogP contribution in [0.15, 0.2) is 29.2 Å². The van der Waals surface area contributed by atoms with Crippen LogP contribution in [-0.2, 0) is 14.8 Å². The largest absolute Gasteiger partial charge is 0.356 e. The molecule has 1 saturated heterocycles. The van der Waals surface area contributed by atoms with Gasteiger partial charge in [0.25, 0.3) is 0 Å². The molecule has 0 saturated carbocycles. The number of piperidine rings is 1. The van der Waals surface area contributed by atoms with E-state index in [1.54, 1.807) is 0 Å². The molecular weight excluding hydrogens is 331 g/mol. The second-order valence-corrected chi connectivity index (χ2v) is 8.09. The number of sulfonamides is 1. The monoisotopic (exact) mass is 356 g/mol. The zero-order valence-electron chi connectivity index (χ0n) is 14.0. The van der Waals surface area contributed by atoms with Gasteiger partial charge in [-0.05, 0) is 43.5 Å². The smallest absolute Gasteiger partial charge is 0.243 e. The van der Waals surface area contributed by atoms with Crippen LogP contribution in [0.5, 0.6) is 0 Å². The molecule has 1 amide bonds. The summed E-state index contributed by atoms with van der Waals surface area (Å²) in [6.07, 6.45) is 4.42. The topological polar surface area (TPSA) is 66.5 Å². The molecule has 1 aromatic carbocycles. The lowest BCUT2D eigenvalue weighted by Gasteiger charge is -2.31. The second-order valence-electron chi connectivity index (χ2n) is 6.15. The summed E-state index contributed by atoms with van der Waals surface area (Å²) in [6, 6.07) is 4.79. The first-order chi connectivity index (χ1) is 11.4. The number of hydrogen-bond donors (Lipinski definition) is 1. The summed E-state index contributed by atoms with van der Waals surface area (Å²) in [5.74, 6) is -0.877. The third-order valence-corrected chi connectivity index (χ3v) is 6.17. The van der Waals surface area contributed by atoms with Gasteiger partial charge < -0.3 is 5.32 Å². The average Bonchev–Trinajstić information content (AvgIpc) is 2.59. The zero-order chi connectivity index (χ0) is 17.6. The second kappa shape index (κ2) is 8.58. The zero-order valence-corrected chi connectivity index (χ0v) is 14.8. The normalized spacial score (nSPS) is 19.2. The SMILES string of the molecule is CCCCCNC(=O)[C@@H]1CCCN(S(=O)(=O)c2ccc(F)cc2)C1. The lowest BCUT2D eigenvalue weighted by Crippen LogP contribution is -2.45. The molecule has 0 aromatic heterocycles. The van der Waals surface area contributed by atoms with E-state index in [-0.39, 0.29) is 23.3 Å². The van der Waals surface area contributed by atoms with Gasteiger partial charge in [-0.25, -0.2) is 12.8 Å². The minimum atomic E-state index is -3.69. The van der Waals surface area contributed by atoms with Crippen molar-refractivity contribution in [3.8, 4) is 0 Å². The van der Waals surface area contributed by atoms with Crippen LogP contribution in [0.2, 0.25) is 0 Å². The van der Waals surface area contributed by atoms with E-state index < -0.39 is 15.8 Å². The quantitative estimate of drug-likeness (QED) is 0.764. The van der Waals surface area contributed by atoms with Gasteiger partial charge in [0, 0.05) is 19.6 Å². The Balaban J connectivity index is 1.99. The molecule has 1 atom stereocenters. The van der Waals surface area contributed by atoms with Crippen molar-refractivity contribution in [2.24, 2.45) is 5.92 Å². The Bertz CT molecular complexity index is 646. The molecule has 1 aliphatic rings. The number of rotatable bonds is 7. The maximum Gasteiger partial charge on any atom is 0.243 e. The van der Waals surface area contributed by atoms with Gasteiger partial charge in [-0.2, -0.15) is 4.31 Å². The predicted molar refractivity (Wildman–Crippen MR) is 90.4 cm³/mol. The van der Waals surface area contributed by atoms with Crippen molar-refractivity contribution in [3.05, 3.63) is 30.1 Å². The molecule has 5 nitrogen and oxygen atoms in total. The molecule has 2 rings (SSSR count). The van der Waals surface area contributed by atoms with Crippen LogP contribution >= 0.6 is 0 Å². The van der Waals surface area contributed by atoms with Crippen LogP contribution in [0.4, 0.5) is 4.39 Å². The van der Waals surface area contributed by atoms with Crippen LogP contribution < -0.4 is 5.32 Å². The highest BCUT2D eigenvalue weighted by atomic mass is 32.2. The van der Waals surface area contributed by atoms with Gasteiger partial charge in [0.2, 0.25) is 15.9 Å². The number of amides is 1. The number of benzene rings is 1. The summed E-state index contributed by atoms with van der Waals surface area (Å²) in [5, 5.41) is 2.90. The van der Waals surface area contributed by atoms with E-state index in [1.807, 2.05) is 0 Å². The number of hydrogen-bond acceptors (Lipinski definition) is 3. The van der Waals surface area contributed by atoms with Crippen molar-refractivity contribution >= 4 is 15.9 Å². The molecule has 0 bridgehead atoms. The number of carbonyl (C=O) groups excluding carboxylic acids is 1. The first-order valence-electron chi connectivity index (χ1n) is 8.48. The Morgan fingerprint density at radius 3 is 2.67 bits per heavy atom. The van der Waals surface area contributed by atoms with Gasteiger partial charge in [-0.3, -0.25) is 4.79 Å². The first-order valence-corrected chi connectivity index (χ1v) is 9.92. The van der Waals surface area contributed by atoms with E-state index in [1.165, 1.54) is 16.4 Å². The Kier molecular flexibility index (Phi) is 6.74. The molecule has 1 N–H and O–H groups in total. The number of halogens is 1. The van der Waals surface area contributed by atoms with Crippen molar-refractivity contribution in [3.63, 3.8) is 0 Å². The summed E-state index contributed by atoms with van der Waals surface area (Å²) in [4.78, 5) is 12.3. The molecule has 0 spiro atoms. The number of nitrogens with zero attached hydrogens (tertiary/aromatic N) is 1. The van der Waals surface area contributed by atoms with Crippen LogP contribution in [0.3, 0.4) is 0 Å². The fourth-order valence-corrected chi connectivity index (χ4v) is 4.39. The van der Waals surface area contributed by atoms with E-state index in [9.17, 15) is 17.6 Å². The minimum absolute atomic E-state index is 0.0629. The Hall–Kier alpha value is -1.47. The van der Waals surface area contributed by atoms with E-state index >= 15 is 0 Å². The first kappa shape index (κ1) is 18.9. The maximum atomic E-state index is 13.0. The number of unbranched alkanes of at least 4 members (excludes halogenated alkanes) is 2.